The Morgan fingerprint density at radius 2 is 1.66 bits per heavy atom. The molecule has 41 heavy (non-hydrogen) atoms. The number of hydrogen-bond donors (Lipinski definition) is 2. The van der Waals surface area contributed by atoms with Crippen molar-refractivity contribution in [2.24, 2.45) is 0 Å². The summed E-state index contributed by atoms with van der Waals surface area (Å²) < 4.78 is 18.6. The molecule has 0 aromatic heterocycles. The van der Waals surface area contributed by atoms with Gasteiger partial charge in [0.05, 0.1) is 6.10 Å². The third-order valence-corrected chi connectivity index (χ3v) is 7.67. The van der Waals surface area contributed by atoms with Gasteiger partial charge < -0.3 is 24.4 Å². The third-order valence-electron chi connectivity index (χ3n) is 7.67. The third kappa shape index (κ3) is 5.67. The van der Waals surface area contributed by atoms with Crippen molar-refractivity contribution in [1.82, 2.24) is 0 Å². The van der Waals surface area contributed by atoms with E-state index in [2.05, 4.69) is 0 Å². The first-order chi connectivity index (χ1) is 19.9. The van der Waals surface area contributed by atoms with Crippen molar-refractivity contribution in [2.75, 3.05) is 0 Å². The molecular formula is C34H30O7. The largest absolute Gasteiger partial charge is 0.507 e. The Bertz CT molecular complexity index is 1540. The number of hydrogen-bond acceptors (Lipinski definition) is 7. The Labute approximate surface area is 238 Å². The van der Waals surface area contributed by atoms with Crippen LogP contribution in [-0.4, -0.2) is 40.0 Å². The smallest absolute Gasteiger partial charge is 0.330 e. The van der Waals surface area contributed by atoms with Crippen LogP contribution in [0.5, 0.6) is 17.2 Å². The predicted octanol–water partition coefficient (Wildman–Crippen LogP) is 6.32. The number of aromatic hydroxyl groups is 2. The highest BCUT2D eigenvalue weighted by molar-refractivity contribution is 6.11. The number of cyclic esters (lactones) is 1. The maximum absolute atomic E-state index is 13.5. The lowest BCUT2D eigenvalue weighted by Crippen LogP contribution is -2.50. The van der Waals surface area contributed by atoms with Crippen LogP contribution in [0, 0.1) is 0 Å². The quantitative estimate of drug-likeness (QED) is 0.202. The molecule has 3 aromatic rings. The standard InChI is InChI=1S/C34H30O7/c35-27(15-14-22-8-3-1-4-9-22)32-29(37)20-28(36)31-24-18-26(19-25-12-7-13-30(38)39-25)40-34(21-24,41-33(31)32)17-16-23-10-5-2-6-11-23/h1-11,13-17,20,24-26,36-37H,12,18-19,21H2/t24-,25+,26-,34-/m0/s1. The fourth-order valence-corrected chi connectivity index (χ4v) is 5.86. The summed E-state index contributed by atoms with van der Waals surface area (Å²) in [5.41, 5.74) is 2.21. The minimum Gasteiger partial charge on any atom is -0.507 e. The van der Waals surface area contributed by atoms with Crippen molar-refractivity contribution in [2.45, 2.75) is 49.6 Å². The molecule has 4 atom stereocenters. The van der Waals surface area contributed by atoms with Gasteiger partial charge in [-0.05, 0) is 29.7 Å². The molecular weight excluding hydrogens is 520 g/mol. The molecule has 0 amide bonds. The van der Waals surface area contributed by atoms with Crippen molar-refractivity contribution in [3.05, 3.63) is 113 Å². The van der Waals surface area contributed by atoms with Gasteiger partial charge in [-0.2, -0.15) is 0 Å². The number of carbonyl (C=O) groups is 2. The summed E-state index contributed by atoms with van der Waals surface area (Å²) in [7, 11) is 0. The van der Waals surface area contributed by atoms with E-state index in [-0.39, 0.29) is 46.9 Å². The molecule has 7 nitrogen and oxygen atoms in total. The van der Waals surface area contributed by atoms with E-state index < -0.39 is 11.6 Å². The summed E-state index contributed by atoms with van der Waals surface area (Å²) in [4.78, 5) is 25.3. The van der Waals surface area contributed by atoms with Crippen LogP contribution in [0.25, 0.3) is 12.2 Å². The van der Waals surface area contributed by atoms with E-state index in [1.165, 1.54) is 18.2 Å². The van der Waals surface area contributed by atoms with Crippen LogP contribution in [0.1, 0.15) is 58.6 Å². The Kier molecular flexibility index (Phi) is 7.20. The minimum atomic E-state index is -1.27. The number of ether oxygens (including phenoxy) is 3. The molecule has 0 spiro atoms. The number of phenolic OH excluding ortho intramolecular Hbond substituents is 2. The summed E-state index contributed by atoms with van der Waals surface area (Å²) >= 11 is 0. The molecule has 3 aliphatic heterocycles. The molecule has 7 heteroatoms. The summed E-state index contributed by atoms with van der Waals surface area (Å²) in [5, 5.41) is 21.8. The van der Waals surface area contributed by atoms with Gasteiger partial charge in [0, 0.05) is 42.9 Å². The highest BCUT2D eigenvalue weighted by Gasteiger charge is 2.50. The molecule has 0 saturated carbocycles. The zero-order valence-corrected chi connectivity index (χ0v) is 22.3. The number of ketones is 1. The van der Waals surface area contributed by atoms with E-state index in [0.717, 1.165) is 11.1 Å². The molecule has 2 bridgehead atoms. The van der Waals surface area contributed by atoms with E-state index in [1.54, 1.807) is 12.2 Å². The number of esters is 1. The van der Waals surface area contributed by atoms with Crippen LogP contribution in [0.3, 0.4) is 0 Å². The topological polar surface area (TPSA) is 102 Å². The average Bonchev–Trinajstić information content (AvgIpc) is 2.96. The molecule has 3 aliphatic rings. The highest BCUT2D eigenvalue weighted by Crippen LogP contribution is 2.55. The number of carbonyl (C=O) groups excluding carboxylic acids is 2. The number of rotatable bonds is 7. The summed E-state index contributed by atoms with van der Waals surface area (Å²) in [5.74, 6) is -2.74. The van der Waals surface area contributed by atoms with E-state index >= 15 is 0 Å². The first-order valence-electron chi connectivity index (χ1n) is 13.7. The van der Waals surface area contributed by atoms with Gasteiger partial charge in [-0.3, -0.25) is 4.79 Å². The molecule has 0 unspecified atom stereocenters. The van der Waals surface area contributed by atoms with Crippen LogP contribution in [0.2, 0.25) is 0 Å². The maximum atomic E-state index is 13.5. The van der Waals surface area contributed by atoms with E-state index in [9.17, 15) is 19.8 Å². The summed E-state index contributed by atoms with van der Waals surface area (Å²) in [6.45, 7) is 0. The second kappa shape index (κ2) is 11.1. The highest BCUT2D eigenvalue weighted by atomic mass is 16.7. The summed E-state index contributed by atoms with van der Waals surface area (Å²) in [6.07, 6.45) is 11.3. The van der Waals surface area contributed by atoms with E-state index in [1.807, 2.05) is 72.8 Å². The van der Waals surface area contributed by atoms with Crippen LogP contribution in [0.15, 0.2) is 91.0 Å². The Morgan fingerprint density at radius 1 is 0.951 bits per heavy atom. The van der Waals surface area contributed by atoms with E-state index in [0.29, 0.717) is 31.2 Å². The maximum Gasteiger partial charge on any atom is 0.330 e. The molecule has 3 aromatic carbocycles. The van der Waals surface area contributed by atoms with Crippen molar-refractivity contribution in [3.63, 3.8) is 0 Å². The fourth-order valence-electron chi connectivity index (χ4n) is 5.86. The Balaban J connectivity index is 1.38. The molecule has 3 heterocycles. The van der Waals surface area contributed by atoms with Gasteiger partial charge in [-0.1, -0.05) is 78.9 Å². The van der Waals surface area contributed by atoms with Crippen molar-refractivity contribution >= 4 is 23.9 Å². The number of allylic oxidation sites excluding steroid dienone is 1. The number of fused-ring (bicyclic) bond motifs is 4. The van der Waals surface area contributed by atoms with Crippen LogP contribution < -0.4 is 4.74 Å². The minimum absolute atomic E-state index is 0.0273. The molecule has 0 aliphatic carbocycles. The van der Waals surface area contributed by atoms with E-state index in [4.69, 9.17) is 14.2 Å². The number of phenols is 2. The SMILES string of the molecule is O=C1C=CC[C@H](C[C@@H]2C[C@H]3C[C@](C=Cc4ccccc4)(Oc4c(C(=O)C=Cc5ccccc5)c(O)cc(O)c43)O2)O1. The molecule has 2 N–H and O–H groups in total. The van der Waals surface area contributed by atoms with Crippen LogP contribution in [0.4, 0.5) is 0 Å². The fraction of sp³-hybridized carbons (Fsp3) is 0.235. The lowest BCUT2D eigenvalue weighted by atomic mass is 9.78. The first-order valence-corrected chi connectivity index (χ1v) is 13.7. The predicted molar refractivity (Wildman–Crippen MR) is 154 cm³/mol. The lowest BCUT2D eigenvalue weighted by Gasteiger charge is -2.48. The second-order valence-electron chi connectivity index (χ2n) is 10.6. The Hall–Kier alpha value is -4.62. The van der Waals surface area contributed by atoms with Gasteiger partial charge in [0.1, 0.15) is 28.9 Å². The van der Waals surface area contributed by atoms with Crippen LogP contribution >= 0.6 is 0 Å². The Morgan fingerprint density at radius 3 is 2.37 bits per heavy atom. The zero-order chi connectivity index (χ0) is 28.4. The van der Waals surface area contributed by atoms with Gasteiger partial charge in [0.15, 0.2) is 5.78 Å². The first kappa shape index (κ1) is 26.6. The van der Waals surface area contributed by atoms with Gasteiger partial charge >= 0.3 is 5.97 Å². The van der Waals surface area contributed by atoms with Crippen molar-refractivity contribution in [3.8, 4) is 17.2 Å². The normalized spacial score (nSPS) is 25.1. The second-order valence-corrected chi connectivity index (χ2v) is 10.6. The zero-order valence-electron chi connectivity index (χ0n) is 22.3. The van der Waals surface area contributed by atoms with Crippen molar-refractivity contribution < 1.29 is 34.0 Å². The molecule has 6 rings (SSSR count). The van der Waals surface area contributed by atoms with Crippen molar-refractivity contribution in [1.29, 1.82) is 0 Å². The molecule has 208 valence electrons. The van der Waals surface area contributed by atoms with Gasteiger partial charge in [0.25, 0.3) is 0 Å². The number of benzene rings is 3. The summed E-state index contributed by atoms with van der Waals surface area (Å²) in [6, 6.07) is 20.3. The molecule has 1 fully saturated rings. The average molecular weight is 551 g/mol. The van der Waals surface area contributed by atoms with Gasteiger partial charge in [-0.25, -0.2) is 4.79 Å². The van der Waals surface area contributed by atoms with Crippen LogP contribution in [-0.2, 0) is 14.3 Å². The molecule has 0 radical (unpaired) electrons. The van der Waals surface area contributed by atoms with Gasteiger partial charge in [-0.15, -0.1) is 0 Å². The lowest BCUT2D eigenvalue weighted by molar-refractivity contribution is -0.224. The van der Waals surface area contributed by atoms with Gasteiger partial charge in [0.2, 0.25) is 5.79 Å². The molecule has 1 saturated heterocycles. The monoisotopic (exact) mass is 550 g/mol.